The van der Waals surface area contributed by atoms with E-state index in [9.17, 15) is 4.79 Å². The highest BCUT2D eigenvalue weighted by Crippen LogP contribution is 2.28. The molecule has 1 aromatic rings. The molecule has 2 rings (SSSR count). The number of pyridine rings is 1. The van der Waals surface area contributed by atoms with Crippen LogP contribution in [0.3, 0.4) is 0 Å². The minimum atomic E-state index is 0.0812. The quantitative estimate of drug-likeness (QED) is 0.798. The summed E-state index contributed by atoms with van der Waals surface area (Å²) in [6.07, 6.45) is 2.43. The molecule has 1 unspecified atom stereocenters. The lowest BCUT2D eigenvalue weighted by Gasteiger charge is -2.24. The van der Waals surface area contributed by atoms with Crippen LogP contribution in [0, 0.1) is 5.92 Å². The van der Waals surface area contributed by atoms with Crippen molar-refractivity contribution in [1.82, 2.24) is 9.88 Å². The average molecular weight is 283 g/mol. The molecule has 1 aliphatic rings. The Morgan fingerprint density at radius 3 is 3.00 bits per heavy atom. The highest BCUT2D eigenvalue weighted by Gasteiger charge is 2.32. The van der Waals surface area contributed by atoms with Crippen LogP contribution < -0.4 is 0 Å². The molecule has 1 saturated heterocycles. The van der Waals surface area contributed by atoms with E-state index in [1.54, 1.807) is 6.20 Å². The maximum atomic E-state index is 11.8. The molecular weight excluding hydrogens is 268 g/mol. The number of aromatic nitrogens is 1. The first-order valence-corrected chi connectivity index (χ1v) is 6.61. The first-order valence-electron chi connectivity index (χ1n) is 5.48. The molecule has 0 N–H and O–H groups in total. The lowest BCUT2D eigenvalue weighted by atomic mass is 10.1. The third-order valence-corrected chi connectivity index (χ3v) is 3.96. The van der Waals surface area contributed by atoms with Gasteiger partial charge in [0.2, 0.25) is 5.91 Å². The zero-order valence-electron chi connectivity index (χ0n) is 9.27. The van der Waals surface area contributed by atoms with E-state index in [4.69, 9.17) is 0 Å². The molecule has 0 bridgehead atoms. The van der Waals surface area contributed by atoms with Crippen LogP contribution in [-0.2, 0) is 4.79 Å². The van der Waals surface area contributed by atoms with Gasteiger partial charge in [-0.1, -0.05) is 22.0 Å². The van der Waals surface area contributed by atoms with Gasteiger partial charge in [0.25, 0.3) is 0 Å². The zero-order chi connectivity index (χ0) is 11.5. The maximum absolute atomic E-state index is 11.8. The summed E-state index contributed by atoms with van der Waals surface area (Å²) in [4.78, 5) is 18.1. The van der Waals surface area contributed by atoms with E-state index >= 15 is 0 Å². The number of alkyl halides is 1. The van der Waals surface area contributed by atoms with Crippen LogP contribution in [0.2, 0.25) is 0 Å². The Morgan fingerprint density at radius 1 is 1.62 bits per heavy atom. The predicted molar refractivity (Wildman–Crippen MR) is 66.3 cm³/mol. The molecule has 1 aliphatic heterocycles. The molecule has 3 nitrogen and oxygen atoms in total. The second kappa shape index (κ2) is 4.95. The van der Waals surface area contributed by atoms with Gasteiger partial charge in [0, 0.05) is 24.5 Å². The second-order valence-electron chi connectivity index (χ2n) is 4.20. The van der Waals surface area contributed by atoms with Crippen molar-refractivity contribution in [2.75, 3.05) is 11.9 Å². The van der Waals surface area contributed by atoms with Gasteiger partial charge in [0.1, 0.15) is 0 Å². The molecule has 1 amide bonds. The van der Waals surface area contributed by atoms with Crippen LogP contribution in [0.4, 0.5) is 0 Å². The summed E-state index contributed by atoms with van der Waals surface area (Å²) in [5, 5.41) is 0.893. The van der Waals surface area contributed by atoms with Gasteiger partial charge in [-0.15, -0.1) is 0 Å². The van der Waals surface area contributed by atoms with Crippen molar-refractivity contribution < 1.29 is 4.79 Å². The number of halogens is 1. The van der Waals surface area contributed by atoms with Crippen LogP contribution in [0.5, 0.6) is 0 Å². The van der Waals surface area contributed by atoms with Crippen LogP contribution in [-0.4, -0.2) is 27.7 Å². The molecule has 1 aromatic heterocycles. The molecule has 0 radical (unpaired) electrons. The predicted octanol–water partition coefficient (Wildman–Crippen LogP) is 2.39. The van der Waals surface area contributed by atoms with Crippen LogP contribution >= 0.6 is 15.9 Å². The number of amides is 1. The summed E-state index contributed by atoms with van der Waals surface area (Å²) in [5.41, 5.74) is 0.964. The highest BCUT2D eigenvalue weighted by atomic mass is 79.9. The number of carbonyl (C=O) groups excluding carboxylic acids is 1. The van der Waals surface area contributed by atoms with Crippen molar-refractivity contribution >= 4 is 21.8 Å². The van der Waals surface area contributed by atoms with Gasteiger partial charge in [0.15, 0.2) is 0 Å². The lowest BCUT2D eigenvalue weighted by Crippen LogP contribution is -2.29. The first-order chi connectivity index (χ1) is 7.72. The fraction of sp³-hybridized carbons (Fsp3) is 0.500. The number of hydrogen-bond acceptors (Lipinski definition) is 2. The zero-order valence-corrected chi connectivity index (χ0v) is 10.9. The Kier molecular flexibility index (Phi) is 3.59. The Morgan fingerprint density at radius 2 is 2.44 bits per heavy atom. The molecular formula is C12H15BrN2O. The summed E-state index contributed by atoms with van der Waals surface area (Å²) in [6, 6.07) is 5.90. The Balaban J connectivity index is 2.11. The molecule has 0 aromatic carbocycles. The topological polar surface area (TPSA) is 33.2 Å². The molecule has 86 valence electrons. The van der Waals surface area contributed by atoms with E-state index in [0.717, 1.165) is 17.6 Å². The normalized spacial score (nSPS) is 22.5. The Labute approximate surface area is 104 Å². The molecule has 0 spiro atoms. The van der Waals surface area contributed by atoms with Gasteiger partial charge in [0.05, 0.1) is 11.7 Å². The average Bonchev–Trinajstić information content (AvgIpc) is 2.71. The van der Waals surface area contributed by atoms with E-state index in [-0.39, 0.29) is 11.9 Å². The number of rotatable bonds is 3. The lowest BCUT2D eigenvalue weighted by molar-refractivity contribution is -0.129. The Bertz CT molecular complexity index is 369. The van der Waals surface area contributed by atoms with Gasteiger partial charge in [-0.25, -0.2) is 0 Å². The first kappa shape index (κ1) is 11.6. The number of likely N-dealkylation sites (tertiary alicyclic amines) is 1. The van der Waals surface area contributed by atoms with Gasteiger partial charge in [-0.3, -0.25) is 9.78 Å². The number of hydrogen-bond donors (Lipinski definition) is 0. The van der Waals surface area contributed by atoms with Gasteiger partial charge in [-0.2, -0.15) is 0 Å². The van der Waals surface area contributed by atoms with Crippen LogP contribution in [0.25, 0.3) is 0 Å². The second-order valence-corrected chi connectivity index (χ2v) is 4.85. The van der Waals surface area contributed by atoms with Gasteiger partial charge >= 0.3 is 0 Å². The monoisotopic (exact) mass is 282 g/mol. The molecule has 0 saturated carbocycles. The minimum Gasteiger partial charge on any atom is -0.334 e. The van der Waals surface area contributed by atoms with Crippen LogP contribution in [0.1, 0.15) is 25.1 Å². The van der Waals surface area contributed by atoms with Gasteiger partial charge < -0.3 is 4.90 Å². The van der Waals surface area contributed by atoms with Crippen LogP contribution in [0.15, 0.2) is 24.4 Å². The molecule has 2 heterocycles. The highest BCUT2D eigenvalue weighted by molar-refractivity contribution is 9.09. The Hall–Kier alpha value is -0.900. The van der Waals surface area contributed by atoms with Crippen molar-refractivity contribution in [2.45, 2.75) is 19.4 Å². The maximum Gasteiger partial charge on any atom is 0.223 e. The van der Waals surface area contributed by atoms with Crippen molar-refractivity contribution in [2.24, 2.45) is 5.92 Å². The molecule has 16 heavy (non-hydrogen) atoms. The third kappa shape index (κ3) is 2.26. The molecule has 4 heteroatoms. The number of nitrogens with zero attached hydrogens (tertiary/aromatic N) is 2. The smallest absolute Gasteiger partial charge is 0.223 e. The minimum absolute atomic E-state index is 0.0812. The third-order valence-electron chi connectivity index (χ3n) is 3.04. The molecule has 1 fully saturated rings. The summed E-state index contributed by atoms with van der Waals surface area (Å²) < 4.78 is 0. The van der Waals surface area contributed by atoms with Gasteiger partial charge in [-0.05, 0) is 25.0 Å². The van der Waals surface area contributed by atoms with E-state index < -0.39 is 0 Å². The van der Waals surface area contributed by atoms with E-state index in [1.807, 2.05) is 30.0 Å². The van der Waals surface area contributed by atoms with Crippen molar-refractivity contribution in [3.8, 4) is 0 Å². The number of carbonyl (C=O) groups is 1. The van der Waals surface area contributed by atoms with Crippen molar-refractivity contribution in [3.63, 3.8) is 0 Å². The SMILES string of the molecule is C[C@@H](c1ccccn1)N1CC(CBr)CC1=O. The summed E-state index contributed by atoms with van der Waals surface area (Å²) in [5.74, 6) is 0.682. The summed E-state index contributed by atoms with van der Waals surface area (Å²) in [6.45, 7) is 2.87. The van der Waals surface area contributed by atoms with Crippen molar-refractivity contribution in [1.29, 1.82) is 0 Å². The standard InChI is InChI=1S/C12H15BrN2O/c1-9(11-4-2-3-5-14-11)15-8-10(7-13)6-12(15)16/h2-5,9-10H,6-8H2,1H3/t9-,10?/m0/s1. The fourth-order valence-electron chi connectivity index (χ4n) is 2.07. The van der Waals surface area contributed by atoms with E-state index in [0.29, 0.717) is 12.3 Å². The van der Waals surface area contributed by atoms with E-state index in [2.05, 4.69) is 20.9 Å². The molecule has 2 atom stereocenters. The summed E-state index contributed by atoms with van der Waals surface area (Å²) in [7, 11) is 0. The molecule has 0 aliphatic carbocycles. The van der Waals surface area contributed by atoms with E-state index in [1.165, 1.54) is 0 Å². The summed E-state index contributed by atoms with van der Waals surface area (Å²) >= 11 is 3.44. The van der Waals surface area contributed by atoms with Crippen molar-refractivity contribution in [3.05, 3.63) is 30.1 Å². The fourth-order valence-corrected chi connectivity index (χ4v) is 2.50. The largest absolute Gasteiger partial charge is 0.334 e.